The Morgan fingerprint density at radius 1 is 1.19 bits per heavy atom. The fourth-order valence-corrected chi connectivity index (χ4v) is 5.18. The number of rotatable bonds is 9. The predicted octanol–water partition coefficient (Wildman–Crippen LogP) is 4.82. The molecule has 0 saturated heterocycles. The first-order chi connectivity index (χ1) is 12.6. The van der Waals surface area contributed by atoms with Crippen molar-refractivity contribution in [3.63, 3.8) is 0 Å². The van der Waals surface area contributed by atoms with Crippen molar-refractivity contribution in [2.24, 2.45) is 0 Å². The number of aromatic amines is 1. The minimum atomic E-state index is -0.198. The summed E-state index contributed by atoms with van der Waals surface area (Å²) in [5.74, 6) is -0.147. The van der Waals surface area contributed by atoms with E-state index in [4.69, 9.17) is 12.2 Å². The summed E-state index contributed by atoms with van der Waals surface area (Å²) in [6, 6.07) is 0. The highest BCUT2D eigenvalue weighted by Gasteiger charge is 2.21. The molecule has 0 aromatic carbocycles. The molecule has 1 amide bonds. The molecular formula is C19H27N3O2S2. The molecule has 1 aliphatic rings. The molecule has 26 heavy (non-hydrogen) atoms. The van der Waals surface area contributed by atoms with E-state index in [0.29, 0.717) is 11.8 Å². The minimum absolute atomic E-state index is 0.147. The van der Waals surface area contributed by atoms with E-state index in [-0.39, 0.29) is 16.2 Å². The first kappa shape index (κ1) is 19.3. The Kier molecular flexibility index (Phi) is 6.64. The molecule has 7 heteroatoms. The number of aromatic nitrogens is 2. The first-order valence-corrected chi connectivity index (χ1v) is 10.9. The Morgan fingerprint density at radius 2 is 1.92 bits per heavy atom. The molecule has 2 aromatic rings. The van der Waals surface area contributed by atoms with E-state index in [1.807, 2.05) is 0 Å². The van der Waals surface area contributed by atoms with Gasteiger partial charge >= 0.3 is 0 Å². The number of aryl methyl sites for hydroxylation is 2. The topological polar surface area (TPSA) is 66.9 Å². The number of fused-ring (bicyclic) bond motifs is 3. The average Bonchev–Trinajstić information content (AvgIpc) is 3.18. The molecule has 2 aromatic heterocycles. The SMILES string of the molecule is CCCCCCCCCC(=O)Nn1c(=S)[nH]c2sc3c(c2c1=O)CCC3. The van der Waals surface area contributed by atoms with E-state index in [1.54, 1.807) is 11.3 Å². The van der Waals surface area contributed by atoms with Crippen molar-refractivity contribution in [3.05, 3.63) is 25.6 Å². The summed E-state index contributed by atoms with van der Waals surface area (Å²) in [5, 5.41) is 0.701. The van der Waals surface area contributed by atoms with Gasteiger partial charge in [-0.3, -0.25) is 15.0 Å². The molecule has 0 aliphatic heterocycles. The van der Waals surface area contributed by atoms with Gasteiger partial charge < -0.3 is 4.98 Å². The largest absolute Gasteiger partial charge is 0.322 e. The third kappa shape index (κ3) is 4.26. The number of nitrogens with one attached hydrogen (secondary N) is 2. The van der Waals surface area contributed by atoms with Crippen molar-refractivity contribution in [1.82, 2.24) is 9.66 Å². The standard InChI is InChI=1S/C19H27N3O2S2/c1-2-3-4-5-6-7-8-12-15(23)21-22-18(24)16-13-10-9-11-14(13)26-17(16)20-19(22)25/h2-12H2,1H3,(H,20,25)(H,21,23). The summed E-state index contributed by atoms with van der Waals surface area (Å²) in [6.45, 7) is 2.21. The summed E-state index contributed by atoms with van der Waals surface area (Å²) in [7, 11) is 0. The number of unbranched alkanes of at least 4 members (excludes halogenated alkanes) is 6. The lowest BCUT2D eigenvalue weighted by atomic mass is 10.1. The van der Waals surface area contributed by atoms with Crippen molar-refractivity contribution in [2.75, 3.05) is 5.43 Å². The van der Waals surface area contributed by atoms with Crippen molar-refractivity contribution < 1.29 is 4.79 Å². The first-order valence-electron chi connectivity index (χ1n) is 9.71. The smallest absolute Gasteiger partial charge is 0.282 e. The third-order valence-electron chi connectivity index (χ3n) is 5.01. The summed E-state index contributed by atoms with van der Waals surface area (Å²) in [6.07, 6.45) is 11.6. The molecule has 142 valence electrons. The lowest BCUT2D eigenvalue weighted by molar-refractivity contribution is -0.117. The molecule has 2 N–H and O–H groups in total. The van der Waals surface area contributed by atoms with Gasteiger partial charge in [0.1, 0.15) is 4.83 Å². The lowest BCUT2D eigenvalue weighted by Crippen LogP contribution is -2.34. The Morgan fingerprint density at radius 3 is 2.69 bits per heavy atom. The third-order valence-corrected chi connectivity index (χ3v) is 6.50. The van der Waals surface area contributed by atoms with Crippen LogP contribution in [0.1, 0.15) is 75.2 Å². The quantitative estimate of drug-likeness (QED) is 0.474. The number of thiophene rings is 1. The summed E-state index contributed by atoms with van der Waals surface area (Å²) in [5.41, 5.74) is 3.63. The van der Waals surface area contributed by atoms with Gasteiger partial charge in [-0.05, 0) is 43.5 Å². The van der Waals surface area contributed by atoms with Crippen LogP contribution in [0.2, 0.25) is 0 Å². The van der Waals surface area contributed by atoms with E-state index >= 15 is 0 Å². The fraction of sp³-hybridized carbons (Fsp3) is 0.632. The maximum absolute atomic E-state index is 12.9. The molecule has 0 radical (unpaired) electrons. The predicted molar refractivity (Wildman–Crippen MR) is 110 cm³/mol. The van der Waals surface area contributed by atoms with E-state index in [1.165, 1.54) is 41.7 Å². The maximum Gasteiger partial charge on any atom is 0.282 e. The molecule has 3 rings (SSSR count). The van der Waals surface area contributed by atoms with Gasteiger partial charge in [0.25, 0.3) is 5.56 Å². The highest BCUT2D eigenvalue weighted by Crippen LogP contribution is 2.34. The van der Waals surface area contributed by atoms with Crippen LogP contribution in [0.3, 0.4) is 0 Å². The normalized spacial score (nSPS) is 13.3. The van der Waals surface area contributed by atoms with E-state index < -0.39 is 0 Å². The van der Waals surface area contributed by atoms with Crippen LogP contribution in [0, 0.1) is 4.77 Å². The van der Waals surface area contributed by atoms with Crippen LogP contribution in [-0.2, 0) is 17.6 Å². The van der Waals surface area contributed by atoms with Crippen molar-refractivity contribution in [1.29, 1.82) is 0 Å². The van der Waals surface area contributed by atoms with E-state index in [9.17, 15) is 9.59 Å². The number of H-pyrrole nitrogens is 1. The highest BCUT2D eigenvalue weighted by atomic mass is 32.1. The number of nitrogens with zero attached hydrogens (tertiary/aromatic N) is 1. The van der Waals surface area contributed by atoms with Crippen LogP contribution >= 0.6 is 23.6 Å². The molecule has 0 fully saturated rings. The summed E-state index contributed by atoms with van der Waals surface area (Å²) < 4.78 is 1.47. The van der Waals surface area contributed by atoms with Crippen molar-refractivity contribution in [2.45, 2.75) is 77.6 Å². The molecule has 2 heterocycles. The monoisotopic (exact) mass is 393 g/mol. The van der Waals surface area contributed by atoms with Gasteiger partial charge in [0.05, 0.1) is 5.39 Å². The van der Waals surface area contributed by atoms with Gasteiger partial charge in [0.15, 0.2) is 0 Å². The highest BCUT2D eigenvalue weighted by molar-refractivity contribution is 7.71. The average molecular weight is 394 g/mol. The molecule has 1 aliphatic carbocycles. The number of carbonyl (C=O) groups is 1. The molecule has 0 saturated carbocycles. The Balaban J connectivity index is 1.61. The Bertz CT molecular complexity index is 895. The molecule has 0 unspecified atom stereocenters. The number of amides is 1. The minimum Gasteiger partial charge on any atom is -0.322 e. The fourth-order valence-electron chi connectivity index (χ4n) is 3.60. The van der Waals surface area contributed by atoms with Gasteiger partial charge in [0, 0.05) is 11.3 Å². The van der Waals surface area contributed by atoms with Crippen molar-refractivity contribution in [3.8, 4) is 0 Å². The molecular weight excluding hydrogens is 366 g/mol. The van der Waals surface area contributed by atoms with Gasteiger partial charge in [-0.2, -0.15) is 4.68 Å². The maximum atomic E-state index is 12.9. The molecule has 0 bridgehead atoms. The Hall–Kier alpha value is -1.47. The molecule has 5 nitrogen and oxygen atoms in total. The van der Waals surface area contributed by atoms with E-state index in [0.717, 1.165) is 42.5 Å². The second-order valence-electron chi connectivity index (χ2n) is 7.04. The summed E-state index contributed by atoms with van der Waals surface area (Å²) in [4.78, 5) is 30.3. The van der Waals surface area contributed by atoms with Gasteiger partial charge in [0.2, 0.25) is 10.7 Å². The van der Waals surface area contributed by atoms with Crippen LogP contribution in [-0.4, -0.2) is 15.6 Å². The van der Waals surface area contributed by atoms with Crippen LogP contribution < -0.4 is 11.0 Å². The summed E-state index contributed by atoms with van der Waals surface area (Å²) >= 11 is 6.91. The molecule has 0 atom stereocenters. The second kappa shape index (κ2) is 8.95. The number of carbonyl (C=O) groups excluding carboxylic acids is 1. The van der Waals surface area contributed by atoms with Crippen LogP contribution in [0.25, 0.3) is 10.2 Å². The zero-order valence-electron chi connectivity index (χ0n) is 15.4. The zero-order chi connectivity index (χ0) is 18.5. The zero-order valence-corrected chi connectivity index (χ0v) is 17.0. The lowest BCUT2D eigenvalue weighted by Gasteiger charge is -2.09. The molecule has 0 spiro atoms. The van der Waals surface area contributed by atoms with E-state index in [2.05, 4.69) is 17.3 Å². The van der Waals surface area contributed by atoms with Crippen LogP contribution in [0.15, 0.2) is 4.79 Å². The number of hydrogen-bond donors (Lipinski definition) is 2. The second-order valence-corrected chi connectivity index (χ2v) is 8.53. The number of hydrogen-bond acceptors (Lipinski definition) is 4. The van der Waals surface area contributed by atoms with Crippen LogP contribution in [0.5, 0.6) is 0 Å². The van der Waals surface area contributed by atoms with Gasteiger partial charge in [-0.25, -0.2) is 0 Å². The van der Waals surface area contributed by atoms with Crippen LogP contribution in [0.4, 0.5) is 0 Å². The van der Waals surface area contributed by atoms with Gasteiger partial charge in [-0.15, -0.1) is 11.3 Å². The van der Waals surface area contributed by atoms with Gasteiger partial charge in [-0.1, -0.05) is 45.4 Å². The van der Waals surface area contributed by atoms with Crippen molar-refractivity contribution >= 4 is 39.7 Å². The Labute approximate surface area is 162 Å².